The number of halogens is 1. The molecule has 0 aliphatic heterocycles. The van der Waals surface area contributed by atoms with Gasteiger partial charge in [0.1, 0.15) is 0 Å². The van der Waals surface area contributed by atoms with Crippen molar-refractivity contribution >= 4 is 33.5 Å². The molecule has 2 aromatic carbocycles. The number of ketones is 1. The molecule has 0 unspecified atom stereocenters. The maximum Gasteiger partial charge on any atom is 0.160 e. The molecule has 2 rings (SSSR count). The van der Waals surface area contributed by atoms with Crippen molar-refractivity contribution in [2.45, 2.75) is 36.5 Å². The van der Waals surface area contributed by atoms with E-state index in [1.807, 2.05) is 18.2 Å². The van der Waals surface area contributed by atoms with Crippen molar-refractivity contribution in [2.75, 3.05) is 0 Å². The Labute approximate surface area is 132 Å². The Morgan fingerprint density at radius 2 is 1.75 bits per heavy atom. The first-order valence-corrected chi connectivity index (χ1v) is 8.16. The van der Waals surface area contributed by atoms with Gasteiger partial charge in [-0.15, -0.1) is 0 Å². The lowest BCUT2D eigenvalue weighted by molar-refractivity contribution is 0.101. The van der Waals surface area contributed by atoms with Crippen LogP contribution in [0.5, 0.6) is 0 Å². The Balaban J connectivity index is 2.28. The average molecular weight is 349 g/mol. The van der Waals surface area contributed by atoms with E-state index in [-0.39, 0.29) is 5.78 Å². The van der Waals surface area contributed by atoms with Gasteiger partial charge in [0, 0.05) is 19.8 Å². The Hall–Kier alpha value is -1.06. The van der Waals surface area contributed by atoms with Crippen molar-refractivity contribution < 1.29 is 4.79 Å². The van der Waals surface area contributed by atoms with E-state index in [0.717, 1.165) is 19.8 Å². The largest absolute Gasteiger partial charge is 0.294 e. The van der Waals surface area contributed by atoms with Crippen LogP contribution in [0.4, 0.5) is 0 Å². The first kappa shape index (κ1) is 15.3. The van der Waals surface area contributed by atoms with E-state index >= 15 is 0 Å². The number of Topliss-reactive ketones (excluding diaryl/α,β-unsaturated/α-hetero) is 1. The molecule has 0 bridgehead atoms. The highest BCUT2D eigenvalue weighted by atomic mass is 79.9. The SMILES string of the molecule is CC(=O)c1cc(Br)ccc1Sc1ccc(C(C)C)cc1. The predicted molar refractivity (Wildman–Crippen MR) is 88.8 cm³/mol. The molecular formula is C17H17BrOS. The van der Waals surface area contributed by atoms with Gasteiger partial charge in [-0.1, -0.05) is 53.7 Å². The van der Waals surface area contributed by atoms with Crippen LogP contribution in [0.25, 0.3) is 0 Å². The number of hydrogen-bond donors (Lipinski definition) is 0. The molecule has 0 N–H and O–H groups in total. The number of rotatable bonds is 4. The smallest absolute Gasteiger partial charge is 0.160 e. The molecule has 0 spiro atoms. The first-order valence-electron chi connectivity index (χ1n) is 6.55. The molecule has 0 radical (unpaired) electrons. The topological polar surface area (TPSA) is 17.1 Å². The maximum atomic E-state index is 11.7. The molecule has 0 heterocycles. The highest BCUT2D eigenvalue weighted by molar-refractivity contribution is 9.10. The molecule has 3 heteroatoms. The third-order valence-electron chi connectivity index (χ3n) is 3.10. The van der Waals surface area contributed by atoms with Crippen molar-refractivity contribution in [2.24, 2.45) is 0 Å². The van der Waals surface area contributed by atoms with E-state index in [9.17, 15) is 4.79 Å². The molecule has 0 atom stereocenters. The van der Waals surface area contributed by atoms with Crippen molar-refractivity contribution in [1.82, 2.24) is 0 Å². The Morgan fingerprint density at radius 1 is 1.10 bits per heavy atom. The molecule has 0 fully saturated rings. The van der Waals surface area contributed by atoms with Gasteiger partial charge in [-0.3, -0.25) is 4.79 Å². The van der Waals surface area contributed by atoms with Crippen LogP contribution in [0, 0.1) is 0 Å². The standard InChI is InChI=1S/C17H17BrOS/c1-11(2)13-4-7-15(8-5-13)20-17-9-6-14(18)10-16(17)12(3)19/h4-11H,1-3H3. The van der Waals surface area contributed by atoms with Crippen LogP contribution < -0.4 is 0 Å². The van der Waals surface area contributed by atoms with E-state index in [1.54, 1.807) is 18.7 Å². The Kier molecular flexibility index (Phi) is 5.06. The van der Waals surface area contributed by atoms with Gasteiger partial charge in [-0.05, 0) is 48.7 Å². The van der Waals surface area contributed by atoms with Crippen LogP contribution >= 0.6 is 27.7 Å². The van der Waals surface area contributed by atoms with Gasteiger partial charge in [0.25, 0.3) is 0 Å². The third kappa shape index (κ3) is 3.74. The summed E-state index contributed by atoms with van der Waals surface area (Å²) >= 11 is 5.04. The zero-order valence-corrected chi connectivity index (χ0v) is 14.2. The van der Waals surface area contributed by atoms with Gasteiger partial charge in [0.05, 0.1) is 0 Å². The summed E-state index contributed by atoms with van der Waals surface area (Å²) < 4.78 is 0.933. The summed E-state index contributed by atoms with van der Waals surface area (Å²) in [5.74, 6) is 0.627. The number of carbonyl (C=O) groups is 1. The minimum absolute atomic E-state index is 0.0904. The van der Waals surface area contributed by atoms with Crippen molar-refractivity contribution in [3.05, 3.63) is 58.1 Å². The molecule has 1 nitrogen and oxygen atoms in total. The second-order valence-corrected chi connectivity index (χ2v) is 7.05. The van der Waals surface area contributed by atoms with Crippen LogP contribution in [0.15, 0.2) is 56.7 Å². The summed E-state index contributed by atoms with van der Waals surface area (Å²) in [4.78, 5) is 13.9. The van der Waals surface area contributed by atoms with Crippen LogP contribution in [-0.2, 0) is 0 Å². The summed E-state index contributed by atoms with van der Waals surface area (Å²) in [5.41, 5.74) is 2.09. The van der Waals surface area contributed by atoms with Crippen LogP contribution in [0.3, 0.4) is 0 Å². The van der Waals surface area contributed by atoms with E-state index in [2.05, 4.69) is 54.0 Å². The van der Waals surface area contributed by atoms with Gasteiger partial charge >= 0.3 is 0 Å². The lowest BCUT2D eigenvalue weighted by Gasteiger charge is -2.09. The molecule has 20 heavy (non-hydrogen) atoms. The Bertz CT molecular complexity index is 617. The molecular weight excluding hydrogens is 332 g/mol. The van der Waals surface area contributed by atoms with Gasteiger partial charge in [-0.25, -0.2) is 0 Å². The summed E-state index contributed by atoms with van der Waals surface area (Å²) in [6.45, 7) is 5.98. The number of carbonyl (C=O) groups excluding carboxylic acids is 1. The molecule has 0 aliphatic carbocycles. The lowest BCUT2D eigenvalue weighted by Crippen LogP contribution is -1.95. The quantitative estimate of drug-likeness (QED) is 0.637. The van der Waals surface area contributed by atoms with Crippen LogP contribution in [0.2, 0.25) is 0 Å². The van der Waals surface area contributed by atoms with Crippen LogP contribution in [-0.4, -0.2) is 5.78 Å². The van der Waals surface area contributed by atoms with Gasteiger partial charge in [-0.2, -0.15) is 0 Å². The number of hydrogen-bond acceptors (Lipinski definition) is 2. The van der Waals surface area contributed by atoms with Gasteiger partial charge in [0.15, 0.2) is 5.78 Å². The van der Waals surface area contributed by atoms with E-state index in [1.165, 1.54) is 5.56 Å². The number of benzene rings is 2. The highest BCUT2D eigenvalue weighted by Gasteiger charge is 2.09. The van der Waals surface area contributed by atoms with E-state index < -0.39 is 0 Å². The lowest BCUT2D eigenvalue weighted by atomic mass is 10.0. The minimum atomic E-state index is 0.0904. The normalized spacial score (nSPS) is 10.8. The van der Waals surface area contributed by atoms with E-state index in [4.69, 9.17) is 0 Å². The third-order valence-corrected chi connectivity index (χ3v) is 4.67. The van der Waals surface area contributed by atoms with Gasteiger partial charge < -0.3 is 0 Å². The maximum absolute atomic E-state index is 11.7. The monoisotopic (exact) mass is 348 g/mol. The second-order valence-electron chi connectivity index (χ2n) is 5.02. The fourth-order valence-corrected chi connectivity index (χ4v) is 3.25. The summed E-state index contributed by atoms with van der Waals surface area (Å²) in [7, 11) is 0. The molecule has 104 valence electrons. The fourth-order valence-electron chi connectivity index (χ4n) is 1.91. The van der Waals surface area contributed by atoms with Crippen molar-refractivity contribution in [1.29, 1.82) is 0 Å². The second kappa shape index (κ2) is 6.59. The zero-order valence-electron chi connectivity index (χ0n) is 11.8. The molecule has 0 saturated carbocycles. The molecule has 0 amide bonds. The highest BCUT2D eigenvalue weighted by Crippen LogP contribution is 2.33. The molecule has 0 aromatic heterocycles. The molecule has 2 aromatic rings. The van der Waals surface area contributed by atoms with Crippen molar-refractivity contribution in [3.63, 3.8) is 0 Å². The van der Waals surface area contributed by atoms with Gasteiger partial charge in [0.2, 0.25) is 0 Å². The van der Waals surface area contributed by atoms with Crippen LogP contribution in [0.1, 0.15) is 42.6 Å². The minimum Gasteiger partial charge on any atom is -0.294 e. The van der Waals surface area contributed by atoms with Crippen molar-refractivity contribution in [3.8, 4) is 0 Å². The summed E-state index contributed by atoms with van der Waals surface area (Å²) in [5, 5.41) is 0. The zero-order chi connectivity index (χ0) is 14.7. The average Bonchev–Trinajstić information content (AvgIpc) is 2.41. The predicted octanol–water partition coefficient (Wildman–Crippen LogP) is 5.93. The molecule has 0 aliphatic rings. The first-order chi connectivity index (χ1) is 9.47. The summed E-state index contributed by atoms with van der Waals surface area (Å²) in [6, 6.07) is 14.4. The fraction of sp³-hybridized carbons (Fsp3) is 0.235. The summed E-state index contributed by atoms with van der Waals surface area (Å²) in [6.07, 6.45) is 0. The molecule has 0 saturated heterocycles. The Morgan fingerprint density at radius 3 is 2.30 bits per heavy atom. The van der Waals surface area contributed by atoms with E-state index in [0.29, 0.717) is 5.92 Å².